The summed E-state index contributed by atoms with van der Waals surface area (Å²) in [7, 11) is -3.32. The van der Waals surface area contributed by atoms with Crippen LogP contribution in [0.4, 0.5) is 0 Å². The Morgan fingerprint density at radius 1 is 1.05 bits per heavy atom. The van der Waals surface area contributed by atoms with Gasteiger partial charge in [0.1, 0.15) is 0 Å². The number of aromatic nitrogens is 2. The van der Waals surface area contributed by atoms with Crippen LogP contribution in [0, 0.1) is 0 Å². The highest BCUT2D eigenvalue weighted by Gasteiger charge is 2.26. The van der Waals surface area contributed by atoms with Gasteiger partial charge in [0, 0.05) is 31.2 Å². The molecular formula is C13H15N3O2S. The Morgan fingerprint density at radius 2 is 1.74 bits per heavy atom. The summed E-state index contributed by atoms with van der Waals surface area (Å²) in [6, 6.07) is 6.90. The maximum atomic E-state index is 12.3. The summed E-state index contributed by atoms with van der Waals surface area (Å²) in [5, 5.41) is 0. The molecule has 0 unspecified atom stereocenters. The molecule has 1 aromatic heterocycles. The van der Waals surface area contributed by atoms with Crippen molar-refractivity contribution in [2.24, 2.45) is 0 Å². The Labute approximate surface area is 112 Å². The van der Waals surface area contributed by atoms with Crippen LogP contribution in [0.15, 0.2) is 47.9 Å². The van der Waals surface area contributed by atoms with E-state index in [1.165, 1.54) is 0 Å². The first kappa shape index (κ1) is 12.4. The molecule has 5 nitrogen and oxygen atoms in total. The van der Waals surface area contributed by atoms with E-state index in [0.717, 1.165) is 18.5 Å². The highest BCUT2D eigenvalue weighted by Crippen LogP contribution is 2.21. The molecule has 100 valence electrons. The van der Waals surface area contributed by atoms with Crippen molar-refractivity contribution >= 4 is 10.0 Å². The lowest BCUT2D eigenvalue weighted by Crippen LogP contribution is -2.27. The van der Waals surface area contributed by atoms with Gasteiger partial charge in [0.2, 0.25) is 10.0 Å². The number of hydrogen-bond donors (Lipinski definition) is 0. The highest BCUT2D eigenvalue weighted by molar-refractivity contribution is 7.89. The van der Waals surface area contributed by atoms with Crippen molar-refractivity contribution in [1.82, 2.24) is 13.9 Å². The van der Waals surface area contributed by atoms with E-state index in [1.807, 2.05) is 10.8 Å². The van der Waals surface area contributed by atoms with Crippen molar-refractivity contribution in [3.8, 4) is 5.69 Å². The van der Waals surface area contributed by atoms with Crippen molar-refractivity contribution in [2.45, 2.75) is 17.7 Å². The van der Waals surface area contributed by atoms with E-state index < -0.39 is 10.0 Å². The first-order chi connectivity index (χ1) is 9.18. The Kier molecular flexibility index (Phi) is 3.12. The molecule has 2 heterocycles. The zero-order valence-electron chi connectivity index (χ0n) is 10.4. The normalized spacial score (nSPS) is 16.8. The summed E-state index contributed by atoms with van der Waals surface area (Å²) in [6.07, 6.45) is 7.10. The molecule has 0 atom stereocenters. The quantitative estimate of drug-likeness (QED) is 0.857. The minimum absolute atomic E-state index is 0.360. The molecule has 0 saturated carbocycles. The second-order valence-corrected chi connectivity index (χ2v) is 6.51. The van der Waals surface area contributed by atoms with Crippen LogP contribution in [-0.2, 0) is 10.0 Å². The molecule has 1 aromatic carbocycles. The summed E-state index contributed by atoms with van der Waals surface area (Å²) in [6.45, 7) is 1.26. The first-order valence-corrected chi connectivity index (χ1v) is 7.70. The minimum Gasteiger partial charge on any atom is -0.306 e. The molecule has 0 amide bonds. The maximum Gasteiger partial charge on any atom is 0.243 e. The zero-order chi connectivity index (χ0) is 13.3. The smallest absolute Gasteiger partial charge is 0.243 e. The van der Waals surface area contributed by atoms with Crippen molar-refractivity contribution in [2.75, 3.05) is 13.1 Å². The van der Waals surface area contributed by atoms with E-state index in [4.69, 9.17) is 0 Å². The predicted molar refractivity (Wildman–Crippen MR) is 71.6 cm³/mol. The topological polar surface area (TPSA) is 55.2 Å². The monoisotopic (exact) mass is 277 g/mol. The fraction of sp³-hybridized carbons (Fsp3) is 0.308. The van der Waals surface area contributed by atoms with Crippen molar-refractivity contribution in [3.05, 3.63) is 43.0 Å². The standard InChI is InChI=1S/C13H15N3O2S/c17-19(18,16-8-1-2-9-16)13-5-3-12(4-6-13)15-10-7-14-11-15/h3-7,10-11H,1-2,8-9H2. The summed E-state index contributed by atoms with van der Waals surface area (Å²) in [5.41, 5.74) is 0.901. The average Bonchev–Trinajstić information content (AvgIpc) is 3.12. The first-order valence-electron chi connectivity index (χ1n) is 6.26. The fourth-order valence-corrected chi connectivity index (χ4v) is 3.80. The van der Waals surface area contributed by atoms with Gasteiger partial charge in [-0.15, -0.1) is 0 Å². The molecule has 19 heavy (non-hydrogen) atoms. The molecule has 2 aromatic rings. The zero-order valence-corrected chi connectivity index (χ0v) is 11.3. The van der Waals surface area contributed by atoms with Gasteiger partial charge in [0.05, 0.1) is 11.2 Å². The molecule has 6 heteroatoms. The number of sulfonamides is 1. The van der Waals surface area contributed by atoms with Gasteiger partial charge in [-0.2, -0.15) is 4.31 Å². The van der Waals surface area contributed by atoms with Crippen molar-refractivity contribution in [1.29, 1.82) is 0 Å². The van der Waals surface area contributed by atoms with Crippen LogP contribution < -0.4 is 0 Å². The third kappa shape index (κ3) is 2.29. The van der Waals surface area contributed by atoms with Gasteiger partial charge in [-0.1, -0.05) is 0 Å². The van der Waals surface area contributed by atoms with Gasteiger partial charge < -0.3 is 4.57 Å². The summed E-state index contributed by atoms with van der Waals surface area (Å²) in [4.78, 5) is 4.33. The average molecular weight is 277 g/mol. The minimum atomic E-state index is -3.32. The number of imidazole rings is 1. The lowest BCUT2D eigenvalue weighted by molar-refractivity contribution is 0.477. The molecule has 0 N–H and O–H groups in total. The van der Waals surface area contributed by atoms with Gasteiger partial charge in [-0.25, -0.2) is 13.4 Å². The second kappa shape index (κ2) is 4.79. The number of benzene rings is 1. The summed E-state index contributed by atoms with van der Waals surface area (Å²) in [5.74, 6) is 0. The summed E-state index contributed by atoms with van der Waals surface area (Å²) < 4.78 is 28.1. The SMILES string of the molecule is O=S(=O)(c1ccc(-n2ccnc2)cc1)N1CCCC1. The molecule has 1 aliphatic heterocycles. The van der Waals surface area contributed by atoms with Gasteiger partial charge in [-0.05, 0) is 37.1 Å². The summed E-state index contributed by atoms with van der Waals surface area (Å²) >= 11 is 0. The van der Waals surface area contributed by atoms with Gasteiger partial charge >= 0.3 is 0 Å². The molecular weight excluding hydrogens is 262 g/mol. The van der Waals surface area contributed by atoms with Crippen LogP contribution in [0.3, 0.4) is 0 Å². The van der Waals surface area contributed by atoms with E-state index in [0.29, 0.717) is 18.0 Å². The van der Waals surface area contributed by atoms with Crippen LogP contribution in [-0.4, -0.2) is 35.4 Å². The van der Waals surface area contributed by atoms with Crippen LogP contribution in [0.5, 0.6) is 0 Å². The van der Waals surface area contributed by atoms with Gasteiger partial charge in [0.25, 0.3) is 0 Å². The predicted octanol–water partition coefficient (Wildman–Crippen LogP) is 1.66. The third-order valence-electron chi connectivity index (χ3n) is 3.34. The largest absolute Gasteiger partial charge is 0.306 e. The van der Waals surface area contributed by atoms with Crippen LogP contribution in [0.2, 0.25) is 0 Å². The second-order valence-electron chi connectivity index (χ2n) is 4.58. The third-order valence-corrected chi connectivity index (χ3v) is 5.25. The lowest BCUT2D eigenvalue weighted by Gasteiger charge is -2.15. The molecule has 1 saturated heterocycles. The number of nitrogens with zero attached hydrogens (tertiary/aromatic N) is 3. The van der Waals surface area contributed by atoms with Crippen LogP contribution >= 0.6 is 0 Å². The van der Waals surface area contributed by atoms with E-state index in [9.17, 15) is 8.42 Å². The number of hydrogen-bond acceptors (Lipinski definition) is 3. The van der Waals surface area contributed by atoms with E-state index in [2.05, 4.69) is 4.98 Å². The van der Waals surface area contributed by atoms with Gasteiger partial charge in [-0.3, -0.25) is 0 Å². The molecule has 0 bridgehead atoms. The molecule has 1 aliphatic rings. The molecule has 1 fully saturated rings. The maximum absolute atomic E-state index is 12.3. The van der Waals surface area contributed by atoms with E-state index in [1.54, 1.807) is 41.1 Å². The fourth-order valence-electron chi connectivity index (χ4n) is 2.28. The molecule has 0 spiro atoms. The van der Waals surface area contributed by atoms with Crippen molar-refractivity contribution in [3.63, 3.8) is 0 Å². The van der Waals surface area contributed by atoms with Crippen LogP contribution in [0.25, 0.3) is 5.69 Å². The Balaban J connectivity index is 1.90. The van der Waals surface area contributed by atoms with Gasteiger partial charge in [0.15, 0.2) is 0 Å². The molecule has 3 rings (SSSR count). The highest BCUT2D eigenvalue weighted by atomic mass is 32.2. The Hall–Kier alpha value is -1.66. The Morgan fingerprint density at radius 3 is 2.32 bits per heavy atom. The molecule has 0 aliphatic carbocycles. The van der Waals surface area contributed by atoms with Crippen LogP contribution in [0.1, 0.15) is 12.8 Å². The van der Waals surface area contributed by atoms with E-state index >= 15 is 0 Å². The molecule has 0 radical (unpaired) electrons. The van der Waals surface area contributed by atoms with E-state index in [-0.39, 0.29) is 0 Å². The number of rotatable bonds is 3. The Bertz CT molecular complexity index is 642. The lowest BCUT2D eigenvalue weighted by atomic mass is 10.3. The van der Waals surface area contributed by atoms with Crippen molar-refractivity contribution < 1.29 is 8.42 Å².